The average Bonchev–Trinajstić information content (AvgIpc) is 3.26. The zero-order valence-corrected chi connectivity index (χ0v) is 16.9. The van der Waals surface area contributed by atoms with Crippen LogP contribution in [0, 0.1) is 0 Å². The van der Waals surface area contributed by atoms with Gasteiger partial charge in [-0.1, -0.05) is 13.8 Å². The number of nitrogens with one attached hydrogen (secondary N) is 1. The number of likely N-dealkylation sites (tertiary alicyclic amines) is 2. The Labute approximate surface area is 153 Å². The van der Waals surface area contributed by atoms with Crippen LogP contribution in [-0.4, -0.2) is 92.6 Å². The molecular weight excluding hydrogens is 338 g/mol. The highest BCUT2D eigenvalue weighted by atomic mass is 32.2. The average molecular weight is 374 g/mol. The van der Waals surface area contributed by atoms with E-state index in [0.29, 0.717) is 25.7 Å². The molecule has 1 unspecified atom stereocenters. The van der Waals surface area contributed by atoms with Gasteiger partial charge in [0.2, 0.25) is 10.0 Å². The zero-order valence-electron chi connectivity index (χ0n) is 16.1. The summed E-state index contributed by atoms with van der Waals surface area (Å²) in [6, 6.07) is 0.616. The van der Waals surface area contributed by atoms with E-state index in [-0.39, 0.29) is 5.75 Å². The molecule has 1 atom stereocenters. The molecule has 146 valence electrons. The fraction of sp³-hybridized carbons (Fsp3) is 0.941. The number of rotatable bonds is 8. The molecule has 8 heteroatoms. The predicted molar refractivity (Wildman–Crippen MR) is 103 cm³/mol. The molecule has 0 aromatic carbocycles. The highest BCUT2D eigenvalue weighted by molar-refractivity contribution is 7.89. The number of nitrogens with zero attached hydrogens (tertiary/aromatic N) is 4. The first-order chi connectivity index (χ1) is 12.0. The van der Waals surface area contributed by atoms with Gasteiger partial charge < -0.3 is 10.2 Å². The zero-order chi connectivity index (χ0) is 18.3. The minimum atomic E-state index is -3.21. The fourth-order valence-corrected chi connectivity index (χ4v) is 5.14. The molecule has 2 saturated heterocycles. The van der Waals surface area contributed by atoms with Crippen molar-refractivity contribution in [2.24, 2.45) is 4.99 Å². The summed E-state index contributed by atoms with van der Waals surface area (Å²) >= 11 is 0. The maximum Gasteiger partial charge on any atom is 0.215 e. The van der Waals surface area contributed by atoms with Crippen LogP contribution < -0.4 is 5.32 Å². The van der Waals surface area contributed by atoms with Gasteiger partial charge in [-0.25, -0.2) is 12.7 Å². The van der Waals surface area contributed by atoms with E-state index in [9.17, 15) is 8.42 Å². The smallest absolute Gasteiger partial charge is 0.215 e. The monoisotopic (exact) mass is 373 g/mol. The van der Waals surface area contributed by atoms with Gasteiger partial charge in [-0.2, -0.15) is 0 Å². The Morgan fingerprint density at radius 1 is 1.16 bits per heavy atom. The van der Waals surface area contributed by atoms with E-state index in [1.807, 2.05) is 13.8 Å². The van der Waals surface area contributed by atoms with E-state index >= 15 is 0 Å². The van der Waals surface area contributed by atoms with Gasteiger partial charge in [0.05, 0.1) is 12.3 Å². The second-order valence-corrected chi connectivity index (χ2v) is 8.86. The van der Waals surface area contributed by atoms with E-state index in [1.54, 1.807) is 0 Å². The molecule has 25 heavy (non-hydrogen) atoms. The molecule has 1 N–H and O–H groups in total. The first kappa shape index (κ1) is 20.5. The summed E-state index contributed by atoms with van der Waals surface area (Å²) in [5.41, 5.74) is 0. The van der Waals surface area contributed by atoms with Crippen molar-refractivity contribution in [3.05, 3.63) is 0 Å². The molecule has 2 rings (SSSR count). The predicted octanol–water partition coefficient (Wildman–Crippen LogP) is 0.794. The highest BCUT2D eigenvalue weighted by Crippen LogP contribution is 2.20. The number of hydrogen-bond acceptors (Lipinski definition) is 4. The van der Waals surface area contributed by atoms with Crippen molar-refractivity contribution in [2.75, 3.05) is 58.1 Å². The molecule has 2 aliphatic heterocycles. The Hall–Kier alpha value is -0.860. The van der Waals surface area contributed by atoms with Crippen LogP contribution in [-0.2, 0) is 10.0 Å². The standard InChI is InChI=1S/C17H35N5O2S/c1-4-18-17(19-10-14-25(23,24)22(5-2)6-3)21-13-9-16(15-21)20-11-7-8-12-20/h16H,4-15H2,1-3H3,(H,18,19). The molecule has 0 spiro atoms. The maximum absolute atomic E-state index is 12.3. The third-order valence-electron chi connectivity index (χ3n) is 5.16. The third kappa shape index (κ3) is 5.56. The number of hydrogen-bond donors (Lipinski definition) is 1. The number of guanidine groups is 1. The van der Waals surface area contributed by atoms with Crippen LogP contribution in [0.1, 0.15) is 40.0 Å². The van der Waals surface area contributed by atoms with Crippen molar-refractivity contribution in [1.29, 1.82) is 0 Å². The van der Waals surface area contributed by atoms with E-state index in [1.165, 1.54) is 36.7 Å². The molecular formula is C17H35N5O2S. The van der Waals surface area contributed by atoms with Crippen LogP contribution >= 0.6 is 0 Å². The summed E-state index contributed by atoms with van der Waals surface area (Å²) in [5, 5.41) is 3.33. The number of aliphatic imine (C=N–C) groups is 1. The van der Waals surface area contributed by atoms with E-state index < -0.39 is 10.0 Å². The molecule has 2 heterocycles. The molecule has 0 radical (unpaired) electrons. The van der Waals surface area contributed by atoms with E-state index in [4.69, 9.17) is 0 Å². The van der Waals surface area contributed by atoms with Crippen LogP contribution in [0.25, 0.3) is 0 Å². The first-order valence-electron chi connectivity index (χ1n) is 9.76. The van der Waals surface area contributed by atoms with Gasteiger partial charge in [-0.15, -0.1) is 0 Å². The lowest BCUT2D eigenvalue weighted by atomic mass is 10.2. The molecule has 0 saturated carbocycles. The van der Waals surface area contributed by atoms with Crippen molar-refractivity contribution < 1.29 is 8.42 Å². The third-order valence-corrected chi connectivity index (χ3v) is 7.17. The molecule has 7 nitrogen and oxygen atoms in total. The topological polar surface area (TPSA) is 68.2 Å². The minimum absolute atomic E-state index is 0.0764. The molecule has 0 aliphatic carbocycles. The normalized spacial score (nSPS) is 23.0. The molecule has 0 aromatic heterocycles. The van der Waals surface area contributed by atoms with E-state index in [2.05, 4.69) is 27.0 Å². The molecule has 2 fully saturated rings. The second kappa shape index (κ2) is 9.73. The van der Waals surface area contributed by atoms with Crippen molar-refractivity contribution in [3.63, 3.8) is 0 Å². The molecule has 0 aromatic rings. The van der Waals surface area contributed by atoms with Crippen molar-refractivity contribution >= 4 is 16.0 Å². The lowest BCUT2D eigenvalue weighted by Crippen LogP contribution is -2.43. The number of sulfonamides is 1. The molecule has 2 aliphatic rings. The van der Waals surface area contributed by atoms with Gasteiger partial charge >= 0.3 is 0 Å². The van der Waals surface area contributed by atoms with Gasteiger partial charge in [0.1, 0.15) is 0 Å². The summed E-state index contributed by atoms with van der Waals surface area (Å²) in [6.45, 7) is 12.4. The highest BCUT2D eigenvalue weighted by Gasteiger charge is 2.30. The Morgan fingerprint density at radius 3 is 2.44 bits per heavy atom. The molecule has 0 amide bonds. The van der Waals surface area contributed by atoms with Gasteiger partial charge in [0.15, 0.2) is 5.96 Å². The van der Waals surface area contributed by atoms with Gasteiger partial charge in [0.25, 0.3) is 0 Å². The maximum atomic E-state index is 12.3. The van der Waals surface area contributed by atoms with Crippen molar-refractivity contribution in [1.82, 2.24) is 19.4 Å². The SMILES string of the molecule is CCNC(=NCCS(=O)(=O)N(CC)CC)N1CCC(N2CCCC2)C1. The summed E-state index contributed by atoms with van der Waals surface area (Å²) < 4.78 is 26.1. The van der Waals surface area contributed by atoms with Crippen LogP contribution in [0.4, 0.5) is 0 Å². The first-order valence-corrected chi connectivity index (χ1v) is 11.4. The minimum Gasteiger partial charge on any atom is -0.357 e. The summed E-state index contributed by atoms with van der Waals surface area (Å²) in [4.78, 5) is 9.48. The van der Waals surface area contributed by atoms with Gasteiger partial charge in [0, 0.05) is 38.8 Å². The molecule has 0 bridgehead atoms. The fourth-order valence-electron chi connectivity index (χ4n) is 3.78. The van der Waals surface area contributed by atoms with Crippen LogP contribution in [0.3, 0.4) is 0 Å². The van der Waals surface area contributed by atoms with E-state index in [0.717, 1.165) is 25.6 Å². The van der Waals surface area contributed by atoms with Crippen LogP contribution in [0.15, 0.2) is 4.99 Å². The Kier molecular flexibility index (Phi) is 7.96. The van der Waals surface area contributed by atoms with Gasteiger partial charge in [-0.3, -0.25) is 9.89 Å². The van der Waals surface area contributed by atoms with Crippen LogP contribution in [0.2, 0.25) is 0 Å². The summed E-state index contributed by atoms with van der Waals surface area (Å²) in [5.74, 6) is 0.936. The largest absolute Gasteiger partial charge is 0.357 e. The Morgan fingerprint density at radius 2 is 1.84 bits per heavy atom. The second-order valence-electron chi connectivity index (χ2n) is 6.77. The van der Waals surface area contributed by atoms with Crippen molar-refractivity contribution in [3.8, 4) is 0 Å². The van der Waals surface area contributed by atoms with Gasteiger partial charge in [-0.05, 0) is 39.3 Å². The summed E-state index contributed by atoms with van der Waals surface area (Å²) in [7, 11) is -3.21. The quantitative estimate of drug-likeness (QED) is 0.503. The summed E-state index contributed by atoms with van der Waals surface area (Å²) in [6.07, 6.45) is 3.80. The Balaban J connectivity index is 1.92. The Bertz CT molecular complexity index is 527. The lowest BCUT2D eigenvalue weighted by Gasteiger charge is -2.25. The lowest BCUT2D eigenvalue weighted by molar-refractivity contribution is 0.249. The van der Waals surface area contributed by atoms with Crippen LogP contribution in [0.5, 0.6) is 0 Å². The van der Waals surface area contributed by atoms with Crippen molar-refractivity contribution in [2.45, 2.75) is 46.1 Å².